The second-order valence-electron chi connectivity index (χ2n) is 4.16. The Kier molecular flexibility index (Phi) is 3.77. The van der Waals surface area contributed by atoms with Crippen LogP contribution in [0.1, 0.15) is 25.5 Å². The molecule has 1 aromatic heterocycles. The van der Waals surface area contributed by atoms with E-state index in [2.05, 4.69) is 17.3 Å². The molecule has 4 nitrogen and oxygen atoms in total. The van der Waals surface area contributed by atoms with Gasteiger partial charge in [-0.2, -0.15) is 5.10 Å². The lowest BCUT2D eigenvalue weighted by atomic mass is 10.1. The van der Waals surface area contributed by atoms with Gasteiger partial charge in [-0.3, -0.25) is 9.48 Å². The van der Waals surface area contributed by atoms with Gasteiger partial charge in [0, 0.05) is 18.1 Å². The van der Waals surface area contributed by atoms with Crippen molar-refractivity contribution in [1.29, 1.82) is 0 Å². The molecule has 1 aromatic carbocycles. The standard InChI is InChI=1S/C14H17N3O/c1-3-12-7-4-5-8-13(12)16-14(18)11(2)17-10-6-9-15-17/h4-11H,3H2,1-2H3,(H,16,18)/t11-/m0/s1. The van der Waals surface area contributed by atoms with Crippen LogP contribution < -0.4 is 5.32 Å². The molecule has 0 bridgehead atoms. The molecule has 0 aliphatic rings. The summed E-state index contributed by atoms with van der Waals surface area (Å²) in [6.07, 6.45) is 4.35. The Bertz CT molecular complexity index is 520. The van der Waals surface area contributed by atoms with Gasteiger partial charge >= 0.3 is 0 Å². The van der Waals surface area contributed by atoms with Crippen LogP contribution >= 0.6 is 0 Å². The number of nitrogens with one attached hydrogen (secondary N) is 1. The summed E-state index contributed by atoms with van der Waals surface area (Å²) >= 11 is 0. The summed E-state index contributed by atoms with van der Waals surface area (Å²) in [6, 6.07) is 9.34. The van der Waals surface area contributed by atoms with Crippen molar-refractivity contribution in [2.45, 2.75) is 26.3 Å². The molecule has 0 fully saturated rings. The quantitative estimate of drug-likeness (QED) is 0.897. The van der Waals surface area contributed by atoms with Crippen LogP contribution in [0.4, 0.5) is 5.69 Å². The third-order valence-electron chi connectivity index (χ3n) is 2.96. The van der Waals surface area contributed by atoms with Crippen LogP contribution in [0.15, 0.2) is 42.7 Å². The molecule has 1 N–H and O–H groups in total. The van der Waals surface area contributed by atoms with Crippen LogP contribution in [-0.2, 0) is 11.2 Å². The lowest BCUT2D eigenvalue weighted by Gasteiger charge is -2.14. The number of hydrogen-bond acceptors (Lipinski definition) is 2. The number of anilines is 1. The molecule has 2 rings (SSSR count). The molecule has 0 aliphatic heterocycles. The topological polar surface area (TPSA) is 46.9 Å². The molecule has 1 amide bonds. The van der Waals surface area contributed by atoms with Crippen molar-refractivity contribution in [3.8, 4) is 0 Å². The first-order valence-electron chi connectivity index (χ1n) is 6.10. The maximum atomic E-state index is 12.1. The Balaban J connectivity index is 2.12. The molecule has 0 saturated heterocycles. The summed E-state index contributed by atoms with van der Waals surface area (Å²) < 4.78 is 1.64. The molecule has 94 valence electrons. The molecule has 1 atom stereocenters. The minimum atomic E-state index is -0.315. The highest BCUT2D eigenvalue weighted by Crippen LogP contribution is 2.17. The van der Waals surface area contributed by atoms with Crippen molar-refractivity contribution < 1.29 is 4.79 Å². The third-order valence-corrected chi connectivity index (χ3v) is 2.96. The lowest BCUT2D eigenvalue weighted by Crippen LogP contribution is -2.24. The van der Waals surface area contributed by atoms with Crippen LogP contribution in [0.25, 0.3) is 0 Å². The molecule has 0 spiro atoms. The highest BCUT2D eigenvalue weighted by molar-refractivity contribution is 5.94. The predicted molar refractivity (Wildman–Crippen MR) is 71.4 cm³/mol. The first kappa shape index (κ1) is 12.4. The van der Waals surface area contributed by atoms with Gasteiger partial charge in [-0.1, -0.05) is 25.1 Å². The molecule has 0 saturated carbocycles. The number of carbonyl (C=O) groups excluding carboxylic acids is 1. The SMILES string of the molecule is CCc1ccccc1NC(=O)[C@H](C)n1cccn1. The molecule has 0 aliphatic carbocycles. The van der Waals surface area contributed by atoms with Crippen LogP contribution in [0.5, 0.6) is 0 Å². The predicted octanol–water partition coefficient (Wildman–Crippen LogP) is 2.65. The Hall–Kier alpha value is -2.10. The van der Waals surface area contributed by atoms with Crippen molar-refractivity contribution in [3.05, 3.63) is 48.3 Å². The van der Waals surface area contributed by atoms with Gasteiger partial charge in [0.15, 0.2) is 0 Å². The highest BCUT2D eigenvalue weighted by atomic mass is 16.2. The van der Waals surface area contributed by atoms with E-state index < -0.39 is 0 Å². The minimum absolute atomic E-state index is 0.0559. The number of aromatic nitrogens is 2. The maximum Gasteiger partial charge on any atom is 0.248 e. The van der Waals surface area contributed by atoms with Crippen LogP contribution in [0.3, 0.4) is 0 Å². The maximum absolute atomic E-state index is 12.1. The normalized spacial score (nSPS) is 12.1. The third kappa shape index (κ3) is 2.59. The van der Waals surface area contributed by atoms with Gasteiger partial charge in [-0.05, 0) is 31.0 Å². The van der Waals surface area contributed by atoms with Gasteiger partial charge in [0.2, 0.25) is 5.91 Å². The Morgan fingerprint density at radius 3 is 2.83 bits per heavy atom. The summed E-state index contributed by atoms with van der Waals surface area (Å²) in [7, 11) is 0. The molecule has 18 heavy (non-hydrogen) atoms. The van der Waals surface area contributed by atoms with Gasteiger partial charge in [0.1, 0.15) is 6.04 Å². The Labute approximate surface area is 107 Å². The van der Waals surface area contributed by atoms with Crippen molar-refractivity contribution >= 4 is 11.6 Å². The van der Waals surface area contributed by atoms with Crippen LogP contribution in [0, 0.1) is 0 Å². The number of benzene rings is 1. The fourth-order valence-corrected chi connectivity index (χ4v) is 1.82. The number of rotatable bonds is 4. The minimum Gasteiger partial charge on any atom is -0.324 e. The number of para-hydroxylation sites is 1. The molecule has 0 radical (unpaired) electrons. The zero-order valence-electron chi connectivity index (χ0n) is 10.6. The van der Waals surface area contributed by atoms with Crippen LogP contribution in [-0.4, -0.2) is 15.7 Å². The molecule has 2 aromatic rings. The summed E-state index contributed by atoms with van der Waals surface area (Å²) in [6.45, 7) is 3.90. The van der Waals surface area contributed by atoms with E-state index >= 15 is 0 Å². The van der Waals surface area contributed by atoms with E-state index in [9.17, 15) is 4.79 Å². The van der Waals surface area contributed by atoms with E-state index in [1.165, 1.54) is 0 Å². The Morgan fingerprint density at radius 1 is 1.39 bits per heavy atom. The first-order chi connectivity index (χ1) is 8.72. The van der Waals surface area contributed by atoms with E-state index in [1.54, 1.807) is 17.1 Å². The number of nitrogens with zero attached hydrogens (tertiary/aromatic N) is 2. The van der Waals surface area contributed by atoms with Crippen molar-refractivity contribution in [1.82, 2.24) is 9.78 Å². The van der Waals surface area contributed by atoms with Gasteiger partial charge in [0.05, 0.1) is 0 Å². The fourth-order valence-electron chi connectivity index (χ4n) is 1.82. The van der Waals surface area contributed by atoms with E-state index in [-0.39, 0.29) is 11.9 Å². The molecular formula is C14H17N3O. The van der Waals surface area contributed by atoms with Gasteiger partial charge in [-0.15, -0.1) is 0 Å². The average molecular weight is 243 g/mol. The van der Waals surface area contributed by atoms with Gasteiger partial charge < -0.3 is 5.32 Å². The lowest BCUT2D eigenvalue weighted by molar-refractivity contribution is -0.119. The van der Waals surface area contributed by atoms with Crippen molar-refractivity contribution in [2.24, 2.45) is 0 Å². The fraction of sp³-hybridized carbons (Fsp3) is 0.286. The van der Waals surface area contributed by atoms with Gasteiger partial charge in [0.25, 0.3) is 0 Å². The average Bonchev–Trinajstić information content (AvgIpc) is 2.92. The smallest absolute Gasteiger partial charge is 0.248 e. The zero-order chi connectivity index (χ0) is 13.0. The van der Waals surface area contributed by atoms with E-state index in [4.69, 9.17) is 0 Å². The summed E-state index contributed by atoms with van der Waals surface area (Å²) in [5, 5.41) is 7.03. The summed E-state index contributed by atoms with van der Waals surface area (Å²) in [5.41, 5.74) is 2.02. The van der Waals surface area contributed by atoms with Crippen molar-refractivity contribution in [3.63, 3.8) is 0 Å². The number of amides is 1. The number of hydrogen-bond donors (Lipinski definition) is 1. The molecule has 1 heterocycles. The van der Waals surface area contributed by atoms with Gasteiger partial charge in [-0.25, -0.2) is 0 Å². The van der Waals surface area contributed by atoms with E-state index in [1.807, 2.05) is 37.3 Å². The summed E-state index contributed by atoms with van der Waals surface area (Å²) in [4.78, 5) is 12.1. The van der Waals surface area contributed by atoms with E-state index in [0.717, 1.165) is 17.7 Å². The highest BCUT2D eigenvalue weighted by Gasteiger charge is 2.15. The van der Waals surface area contributed by atoms with Crippen molar-refractivity contribution in [2.75, 3.05) is 5.32 Å². The second kappa shape index (κ2) is 5.49. The first-order valence-corrected chi connectivity index (χ1v) is 6.10. The largest absolute Gasteiger partial charge is 0.324 e. The molecular weight excluding hydrogens is 226 g/mol. The number of carbonyl (C=O) groups is 1. The molecule has 4 heteroatoms. The zero-order valence-corrected chi connectivity index (χ0v) is 10.6. The second-order valence-corrected chi connectivity index (χ2v) is 4.16. The number of aryl methyl sites for hydroxylation is 1. The monoisotopic (exact) mass is 243 g/mol. The van der Waals surface area contributed by atoms with E-state index in [0.29, 0.717) is 0 Å². The Morgan fingerprint density at radius 2 is 2.17 bits per heavy atom. The van der Waals surface area contributed by atoms with Crippen LogP contribution in [0.2, 0.25) is 0 Å². The summed E-state index contributed by atoms with van der Waals surface area (Å²) in [5.74, 6) is -0.0559. The molecule has 0 unspecified atom stereocenters.